The average molecular weight is 482 g/mol. The van der Waals surface area contributed by atoms with Crippen molar-refractivity contribution in [3.8, 4) is 28.7 Å². The summed E-state index contributed by atoms with van der Waals surface area (Å²) in [7, 11) is 17.9. The van der Waals surface area contributed by atoms with Crippen LogP contribution in [-0.4, -0.2) is 61.7 Å². The Labute approximate surface area is 193 Å². The second-order valence-electron chi connectivity index (χ2n) is 6.10. The number of rotatable bonds is 8. The van der Waals surface area contributed by atoms with Crippen molar-refractivity contribution in [3.05, 3.63) is 40.2 Å². The number of aldehydes is 1. The number of ether oxygens (including phenoxy) is 5. The third-order valence-corrected chi connectivity index (χ3v) is 4.01. The summed E-state index contributed by atoms with van der Waals surface area (Å²) in [6.45, 7) is 0. The lowest BCUT2D eigenvalue weighted by atomic mass is 9.52. The SMILES string of the molecule is [B]C([B])([B])Oc1c(Oc2cc(Cl)c(C=O)c(OC)c2C(=O)OC)ccc(OC(F)(F)F)c1F. The topological polar surface area (TPSA) is 80.3 Å². The summed E-state index contributed by atoms with van der Waals surface area (Å²) in [4.78, 5) is 23.7. The van der Waals surface area contributed by atoms with Gasteiger partial charge in [-0.25, -0.2) is 4.79 Å². The Balaban J connectivity index is 2.74. The van der Waals surface area contributed by atoms with Crippen molar-refractivity contribution in [1.29, 1.82) is 0 Å². The largest absolute Gasteiger partial charge is 0.573 e. The molecule has 0 amide bonds. The highest BCUT2D eigenvalue weighted by Crippen LogP contribution is 2.44. The first-order valence-electron chi connectivity index (χ1n) is 8.48. The second-order valence-corrected chi connectivity index (χ2v) is 6.51. The van der Waals surface area contributed by atoms with E-state index in [4.69, 9.17) is 49.4 Å². The molecule has 2 aromatic rings. The van der Waals surface area contributed by atoms with Crippen LogP contribution in [0.3, 0.4) is 0 Å². The van der Waals surface area contributed by atoms with E-state index in [9.17, 15) is 27.2 Å². The second kappa shape index (κ2) is 9.86. The Morgan fingerprint density at radius 1 is 1.03 bits per heavy atom. The molecule has 168 valence electrons. The Bertz CT molecular complexity index is 1070. The van der Waals surface area contributed by atoms with Crippen LogP contribution in [0.15, 0.2) is 18.2 Å². The van der Waals surface area contributed by atoms with Gasteiger partial charge in [0.1, 0.15) is 40.6 Å². The highest BCUT2D eigenvalue weighted by atomic mass is 35.5. The summed E-state index contributed by atoms with van der Waals surface area (Å²) in [6, 6.07) is 2.30. The first-order chi connectivity index (χ1) is 15.2. The van der Waals surface area contributed by atoms with Crippen LogP contribution in [-0.2, 0) is 4.74 Å². The lowest BCUT2D eigenvalue weighted by Gasteiger charge is -2.26. The van der Waals surface area contributed by atoms with Gasteiger partial charge in [-0.2, -0.15) is 4.39 Å². The molecule has 0 aromatic heterocycles. The van der Waals surface area contributed by atoms with Gasteiger partial charge in [0.05, 0.1) is 24.8 Å². The number of benzene rings is 2. The van der Waals surface area contributed by atoms with Gasteiger partial charge in [-0.3, -0.25) is 4.79 Å². The Kier molecular flexibility index (Phi) is 7.84. The molecular weight excluding hydrogens is 472 g/mol. The molecule has 33 heavy (non-hydrogen) atoms. The quantitative estimate of drug-likeness (QED) is 0.247. The molecule has 0 atom stereocenters. The number of esters is 1. The third kappa shape index (κ3) is 6.28. The minimum atomic E-state index is -5.25. The molecule has 2 aromatic carbocycles. The number of carbonyl (C=O) groups excluding carboxylic acids is 2. The van der Waals surface area contributed by atoms with E-state index in [1.807, 2.05) is 0 Å². The molecule has 0 fully saturated rings. The zero-order valence-electron chi connectivity index (χ0n) is 16.8. The molecule has 0 spiro atoms. The van der Waals surface area contributed by atoms with E-state index in [1.165, 1.54) is 0 Å². The van der Waals surface area contributed by atoms with Gasteiger partial charge in [-0.15, -0.1) is 13.2 Å². The van der Waals surface area contributed by atoms with Crippen molar-refractivity contribution in [3.63, 3.8) is 0 Å². The number of alkyl halides is 3. The van der Waals surface area contributed by atoms with Gasteiger partial charge >= 0.3 is 12.3 Å². The van der Waals surface area contributed by atoms with E-state index in [2.05, 4.69) is 9.47 Å². The molecule has 0 aliphatic rings. The summed E-state index contributed by atoms with van der Waals surface area (Å²) in [6.07, 6.45) is -4.96. The van der Waals surface area contributed by atoms with Crippen LogP contribution in [0.4, 0.5) is 17.6 Å². The molecule has 2 rings (SSSR count). The van der Waals surface area contributed by atoms with Crippen LogP contribution in [0.5, 0.6) is 28.7 Å². The maximum atomic E-state index is 14.8. The number of halogens is 5. The lowest BCUT2D eigenvalue weighted by Crippen LogP contribution is -2.38. The number of hydrogen-bond donors (Lipinski definition) is 0. The summed E-state index contributed by atoms with van der Waals surface area (Å²) in [5.41, 5.74) is -0.707. The van der Waals surface area contributed by atoms with Crippen molar-refractivity contribution < 1.29 is 50.8 Å². The number of hydrogen-bond acceptors (Lipinski definition) is 7. The Morgan fingerprint density at radius 2 is 1.64 bits per heavy atom. The molecule has 0 saturated heterocycles. The monoisotopic (exact) mass is 482 g/mol. The molecule has 0 aliphatic heterocycles. The fraction of sp³-hybridized carbons (Fsp3) is 0.222. The van der Waals surface area contributed by atoms with Crippen LogP contribution in [0.2, 0.25) is 5.02 Å². The van der Waals surface area contributed by atoms with Gasteiger partial charge in [-0.1, -0.05) is 11.6 Å². The minimum Gasteiger partial charge on any atom is -0.510 e. The molecule has 7 nitrogen and oxygen atoms in total. The number of methoxy groups -OCH3 is 2. The maximum Gasteiger partial charge on any atom is 0.573 e. The molecule has 0 saturated carbocycles. The van der Waals surface area contributed by atoms with Gasteiger partial charge in [0, 0.05) is 6.07 Å². The molecule has 0 unspecified atom stereocenters. The van der Waals surface area contributed by atoms with Gasteiger partial charge in [-0.05, 0) is 17.4 Å². The first-order valence-corrected chi connectivity index (χ1v) is 8.85. The fourth-order valence-corrected chi connectivity index (χ4v) is 2.74. The maximum absolute atomic E-state index is 14.8. The van der Waals surface area contributed by atoms with Gasteiger partial charge < -0.3 is 23.7 Å². The summed E-state index contributed by atoms with van der Waals surface area (Å²) < 4.78 is 76.0. The van der Waals surface area contributed by atoms with E-state index in [0.29, 0.717) is 12.4 Å². The minimum absolute atomic E-state index is 0.242. The van der Waals surface area contributed by atoms with Crippen molar-refractivity contribution in [2.45, 2.75) is 11.7 Å². The highest BCUT2D eigenvalue weighted by Gasteiger charge is 2.35. The molecule has 0 aliphatic carbocycles. The molecule has 6 radical (unpaired) electrons. The normalized spacial score (nSPS) is 11.5. The summed E-state index contributed by atoms with van der Waals surface area (Å²) >= 11 is 6.02. The number of carbonyl (C=O) groups is 2. The van der Waals surface area contributed by atoms with E-state index in [-0.39, 0.29) is 16.3 Å². The van der Waals surface area contributed by atoms with Crippen molar-refractivity contribution in [1.82, 2.24) is 0 Å². The van der Waals surface area contributed by atoms with Crippen molar-refractivity contribution >= 4 is 47.4 Å². The third-order valence-electron chi connectivity index (χ3n) is 3.69. The summed E-state index contributed by atoms with van der Waals surface area (Å²) in [5.74, 6) is -6.70. The van der Waals surface area contributed by atoms with Crippen molar-refractivity contribution in [2.24, 2.45) is 0 Å². The predicted octanol–water partition coefficient (Wildman–Crippen LogP) is 3.27. The predicted molar refractivity (Wildman–Crippen MR) is 109 cm³/mol. The standard InChI is InChI=1S/C18H10B3ClF4O7/c1-29-14-7(6-27)8(22)5-11(12(14)16(28)30-2)31-10-4-3-9(32-18(24,25)26)13(23)15(10)33-17(19,20)21/h3-6H,1-2H3. The van der Waals surface area contributed by atoms with E-state index in [1.54, 1.807) is 0 Å². The van der Waals surface area contributed by atoms with Gasteiger partial charge in [0.2, 0.25) is 5.82 Å². The first kappa shape index (κ1) is 26.2. The fourth-order valence-electron chi connectivity index (χ4n) is 2.51. The highest BCUT2D eigenvalue weighted by molar-refractivity contribution is 6.58. The summed E-state index contributed by atoms with van der Waals surface area (Å²) in [5, 5.41) is -2.83. The molecular formula is C18H10B3ClF4O7. The van der Waals surface area contributed by atoms with E-state index >= 15 is 0 Å². The smallest absolute Gasteiger partial charge is 0.510 e. The van der Waals surface area contributed by atoms with Crippen LogP contribution in [0.1, 0.15) is 20.7 Å². The van der Waals surface area contributed by atoms with Crippen LogP contribution >= 0.6 is 11.6 Å². The zero-order valence-corrected chi connectivity index (χ0v) is 17.5. The van der Waals surface area contributed by atoms with Gasteiger partial charge in [0.25, 0.3) is 0 Å². The average Bonchev–Trinajstić information content (AvgIpc) is 2.69. The van der Waals surface area contributed by atoms with Gasteiger partial charge in [0.15, 0.2) is 23.5 Å². The zero-order chi connectivity index (χ0) is 25.1. The molecule has 15 heteroatoms. The van der Waals surface area contributed by atoms with Crippen LogP contribution in [0.25, 0.3) is 0 Å². The van der Waals surface area contributed by atoms with E-state index < -0.39 is 52.0 Å². The van der Waals surface area contributed by atoms with Crippen LogP contribution in [0, 0.1) is 5.82 Å². The van der Waals surface area contributed by atoms with Crippen LogP contribution < -0.4 is 18.9 Å². The molecule has 0 heterocycles. The lowest BCUT2D eigenvalue weighted by molar-refractivity contribution is -0.275. The van der Waals surface area contributed by atoms with Crippen molar-refractivity contribution in [2.75, 3.05) is 14.2 Å². The van der Waals surface area contributed by atoms with E-state index in [0.717, 1.165) is 26.4 Å². The molecule has 0 bridgehead atoms. The Morgan fingerprint density at radius 3 is 2.12 bits per heavy atom. The molecule has 0 N–H and O–H groups in total. The Hall–Kier alpha value is -3.02.